The van der Waals surface area contributed by atoms with Gasteiger partial charge in [0.2, 0.25) is 11.8 Å². The van der Waals surface area contributed by atoms with Crippen LogP contribution in [0.5, 0.6) is 5.75 Å². The second kappa shape index (κ2) is 11.0. The maximum Gasteiger partial charge on any atom is 0.242 e. The fraction of sp³-hybridized carbons (Fsp3) is 0.462. The van der Waals surface area contributed by atoms with Gasteiger partial charge in [-0.05, 0) is 49.9 Å². The maximum atomic E-state index is 13.3. The van der Waals surface area contributed by atoms with Gasteiger partial charge in [0.25, 0.3) is 0 Å². The Hall–Kier alpha value is -2.82. The molecule has 0 heterocycles. The fourth-order valence-corrected chi connectivity index (χ4v) is 4.10. The number of ether oxygens (including phenoxy) is 1. The summed E-state index contributed by atoms with van der Waals surface area (Å²) in [5.74, 6) is 0.604. The zero-order valence-electron chi connectivity index (χ0n) is 18.9. The number of carbonyl (C=O) groups excluding carboxylic acids is 2. The minimum atomic E-state index is -0.550. The summed E-state index contributed by atoms with van der Waals surface area (Å²) in [6.07, 6.45) is 5.85. The molecule has 3 rings (SSSR count). The van der Waals surface area contributed by atoms with Crippen molar-refractivity contribution in [3.63, 3.8) is 0 Å². The molecule has 2 amide bonds. The van der Waals surface area contributed by atoms with Crippen molar-refractivity contribution in [1.82, 2.24) is 10.2 Å². The maximum absolute atomic E-state index is 13.3. The van der Waals surface area contributed by atoms with E-state index in [4.69, 9.17) is 4.74 Å². The predicted molar refractivity (Wildman–Crippen MR) is 123 cm³/mol. The Labute approximate surface area is 185 Å². The van der Waals surface area contributed by atoms with Gasteiger partial charge in [-0.1, -0.05) is 61.2 Å². The normalized spacial score (nSPS) is 15.2. The summed E-state index contributed by atoms with van der Waals surface area (Å²) in [6.45, 7) is 4.21. The number of rotatable bonds is 8. The average molecular weight is 423 g/mol. The molecule has 5 nitrogen and oxygen atoms in total. The van der Waals surface area contributed by atoms with Gasteiger partial charge in [0.1, 0.15) is 11.8 Å². The van der Waals surface area contributed by atoms with E-state index >= 15 is 0 Å². The first-order valence-corrected chi connectivity index (χ1v) is 11.2. The van der Waals surface area contributed by atoms with E-state index in [1.165, 1.54) is 6.42 Å². The highest BCUT2D eigenvalue weighted by atomic mass is 16.5. The van der Waals surface area contributed by atoms with Crippen molar-refractivity contribution < 1.29 is 14.3 Å². The van der Waals surface area contributed by atoms with E-state index in [9.17, 15) is 9.59 Å². The Morgan fingerprint density at radius 2 is 1.77 bits per heavy atom. The monoisotopic (exact) mass is 422 g/mol. The number of benzene rings is 2. The molecule has 0 saturated heterocycles. The van der Waals surface area contributed by atoms with Gasteiger partial charge >= 0.3 is 0 Å². The van der Waals surface area contributed by atoms with Crippen LogP contribution in [0.4, 0.5) is 0 Å². The Bertz CT molecular complexity index is 872. The number of carbonyl (C=O) groups is 2. The number of hydrogen-bond acceptors (Lipinski definition) is 3. The first kappa shape index (κ1) is 22.9. The highest BCUT2D eigenvalue weighted by Gasteiger charge is 2.28. The highest BCUT2D eigenvalue weighted by Crippen LogP contribution is 2.20. The number of methoxy groups -OCH3 is 1. The summed E-state index contributed by atoms with van der Waals surface area (Å²) < 4.78 is 5.33. The van der Waals surface area contributed by atoms with E-state index < -0.39 is 6.04 Å². The van der Waals surface area contributed by atoms with E-state index in [0.29, 0.717) is 6.54 Å². The molecule has 1 N–H and O–H groups in total. The van der Waals surface area contributed by atoms with Crippen LogP contribution in [0.3, 0.4) is 0 Å². The molecule has 1 fully saturated rings. The molecule has 1 aliphatic carbocycles. The summed E-state index contributed by atoms with van der Waals surface area (Å²) >= 11 is 0. The van der Waals surface area contributed by atoms with E-state index in [1.54, 1.807) is 12.0 Å². The molecule has 1 atom stereocenters. The molecular weight excluding hydrogens is 388 g/mol. The number of aryl methyl sites for hydroxylation is 1. The molecule has 2 aromatic carbocycles. The molecule has 0 aromatic heterocycles. The lowest BCUT2D eigenvalue weighted by atomic mass is 9.95. The van der Waals surface area contributed by atoms with Gasteiger partial charge in [-0.2, -0.15) is 0 Å². The number of nitrogens with one attached hydrogen (secondary N) is 1. The van der Waals surface area contributed by atoms with Crippen molar-refractivity contribution in [2.24, 2.45) is 0 Å². The largest absolute Gasteiger partial charge is 0.497 e. The van der Waals surface area contributed by atoms with Gasteiger partial charge < -0.3 is 15.0 Å². The summed E-state index contributed by atoms with van der Waals surface area (Å²) in [7, 11) is 1.62. The number of hydrogen-bond donors (Lipinski definition) is 1. The van der Waals surface area contributed by atoms with E-state index in [1.807, 2.05) is 62.4 Å². The molecule has 5 heteroatoms. The second-order valence-electron chi connectivity index (χ2n) is 8.56. The van der Waals surface area contributed by atoms with Crippen LogP contribution in [-0.2, 0) is 22.6 Å². The standard InChI is InChI=1S/C26H34N2O3/c1-19-12-14-21(15-13-19)17-25(29)28(18-22-8-7-11-24(16-22)31-3)20(2)26(30)27-23-9-5-4-6-10-23/h7-8,11-16,20,23H,4-6,9-10,17-18H2,1-3H3,(H,27,30)/t20-/m0/s1. The van der Waals surface area contributed by atoms with Crippen molar-refractivity contribution in [2.45, 2.75) is 71.0 Å². The number of nitrogens with zero attached hydrogens (tertiary/aromatic N) is 1. The lowest BCUT2D eigenvalue weighted by Gasteiger charge is -2.31. The van der Waals surface area contributed by atoms with Crippen LogP contribution in [0.25, 0.3) is 0 Å². The van der Waals surface area contributed by atoms with Crippen molar-refractivity contribution in [3.05, 3.63) is 65.2 Å². The van der Waals surface area contributed by atoms with Crippen LogP contribution in [-0.4, -0.2) is 35.9 Å². The second-order valence-corrected chi connectivity index (χ2v) is 8.56. The van der Waals surface area contributed by atoms with E-state index in [-0.39, 0.29) is 24.3 Å². The molecule has 166 valence electrons. The first-order chi connectivity index (χ1) is 15.0. The van der Waals surface area contributed by atoms with Crippen molar-refractivity contribution >= 4 is 11.8 Å². The molecule has 1 aliphatic rings. The van der Waals surface area contributed by atoms with Gasteiger partial charge in [0.15, 0.2) is 0 Å². The zero-order valence-corrected chi connectivity index (χ0v) is 18.9. The predicted octanol–water partition coefficient (Wildman–Crippen LogP) is 4.41. The molecule has 0 bridgehead atoms. The fourth-order valence-electron chi connectivity index (χ4n) is 4.10. The molecule has 31 heavy (non-hydrogen) atoms. The van der Waals surface area contributed by atoms with Crippen molar-refractivity contribution in [1.29, 1.82) is 0 Å². The minimum absolute atomic E-state index is 0.0574. The molecule has 2 aromatic rings. The smallest absolute Gasteiger partial charge is 0.242 e. The minimum Gasteiger partial charge on any atom is -0.497 e. The SMILES string of the molecule is COc1cccc(CN(C(=O)Cc2ccc(C)cc2)[C@@H](C)C(=O)NC2CCCCC2)c1. The molecule has 0 unspecified atom stereocenters. The van der Waals surface area contributed by atoms with Gasteiger partial charge in [0, 0.05) is 12.6 Å². The number of amides is 2. The quantitative estimate of drug-likeness (QED) is 0.685. The Balaban J connectivity index is 1.76. The first-order valence-electron chi connectivity index (χ1n) is 11.2. The van der Waals surface area contributed by atoms with Crippen LogP contribution >= 0.6 is 0 Å². The van der Waals surface area contributed by atoms with Gasteiger partial charge in [0.05, 0.1) is 13.5 Å². The molecule has 0 radical (unpaired) electrons. The third-order valence-electron chi connectivity index (χ3n) is 6.08. The van der Waals surface area contributed by atoms with Gasteiger partial charge in [-0.15, -0.1) is 0 Å². The van der Waals surface area contributed by atoms with Gasteiger partial charge in [-0.25, -0.2) is 0 Å². The van der Waals surface area contributed by atoms with Crippen LogP contribution in [0, 0.1) is 6.92 Å². The third-order valence-corrected chi connectivity index (χ3v) is 6.08. The van der Waals surface area contributed by atoms with Crippen molar-refractivity contribution in [3.8, 4) is 5.75 Å². The highest BCUT2D eigenvalue weighted by molar-refractivity contribution is 5.88. The van der Waals surface area contributed by atoms with Crippen LogP contribution in [0.2, 0.25) is 0 Å². The van der Waals surface area contributed by atoms with Crippen molar-refractivity contribution in [2.75, 3.05) is 7.11 Å². The molecule has 0 spiro atoms. The summed E-state index contributed by atoms with van der Waals surface area (Å²) in [4.78, 5) is 28.0. The summed E-state index contributed by atoms with van der Waals surface area (Å²) in [6, 6.07) is 15.3. The summed E-state index contributed by atoms with van der Waals surface area (Å²) in [5, 5.41) is 3.18. The van der Waals surface area contributed by atoms with E-state index in [0.717, 1.165) is 48.1 Å². The lowest BCUT2D eigenvalue weighted by Crippen LogP contribution is -2.50. The van der Waals surface area contributed by atoms with Crippen LogP contribution < -0.4 is 10.1 Å². The molecular formula is C26H34N2O3. The topological polar surface area (TPSA) is 58.6 Å². The molecule has 1 saturated carbocycles. The Kier molecular flexibility index (Phi) is 8.10. The van der Waals surface area contributed by atoms with E-state index in [2.05, 4.69) is 5.32 Å². The Morgan fingerprint density at radius 1 is 1.06 bits per heavy atom. The average Bonchev–Trinajstić information content (AvgIpc) is 2.79. The Morgan fingerprint density at radius 3 is 2.45 bits per heavy atom. The third kappa shape index (κ3) is 6.58. The lowest BCUT2D eigenvalue weighted by molar-refractivity contribution is -0.140. The van der Waals surface area contributed by atoms with Crippen LogP contribution in [0.15, 0.2) is 48.5 Å². The summed E-state index contributed by atoms with van der Waals surface area (Å²) in [5.41, 5.74) is 3.05. The van der Waals surface area contributed by atoms with Crippen LogP contribution in [0.1, 0.15) is 55.7 Å². The van der Waals surface area contributed by atoms with Gasteiger partial charge in [-0.3, -0.25) is 9.59 Å². The zero-order chi connectivity index (χ0) is 22.2. The molecule has 0 aliphatic heterocycles.